The van der Waals surface area contributed by atoms with E-state index in [0.717, 1.165) is 0 Å². The Morgan fingerprint density at radius 3 is 2.74 bits per heavy atom. The number of anilines is 1. The topological polar surface area (TPSA) is 111 Å². The van der Waals surface area contributed by atoms with Crippen LogP contribution < -0.4 is 15.8 Å². The maximum absolute atomic E-state index is 12.0. The molecule has 0 unspecified atom stereocenters. The van der Waals surface area contributed by atoms with Crippen molar-refractivity contribution in [3.63, 3.8) is 0 Å². The molecule has 0 aliphatic heterocycles. The lowest BCUT2D eigenvalue weighted by Gasteiger charge is -2.09. The van der Waals surface area contributed by atoms with E-state index in [-0.39, 0.29) is 36.3 Å². The molecular formula is C14H24ClN3O4S. The zero-order valence-electron chi connectivity index (χ0n) is 13.1. The highest BCUT2D eigenvalue weighted by molar-refractivity contribution is 7.89. The van der Waals surface area contributed by atoms with Gasteiger partial charge in [-0.15, -0.1) is 12.4 Å². The molecule has 1 aromatic rings. The van der Waals surface area contributed by atoms with Gasteiger partial charge in [-0.3, -0.25) is 4.79 Å². The van der Waals surface area contributed by atoms with Crippen LogP contribution in [-0.2, 0) is 19.6 Å². The van der Waals surface area contributed by atoms with Gasteiger partial charge in [0.1, 0.15) is 0 Å². The van der Waals surface area contributed by atoms with Gasteiger partial charge in [-0.25, -0.2) is 13.1 Å². The lowest BCUT2D eigenvalue weighted by Crippen LogP contribution is -2.29. The van der Waals surface area contributed by atoms with Gasteiger partial charge in [0, 0.05) is 38.4 Å². The second-order valence-corrected chi connectivity index (χ2v) is 6.33. The third kappa shape index (κ3) is 8.29. The predicted molar refractivity (Wildman–Crippen MR) is 92.3 cm³/mol. The smallest absolute Gasteiger partial charge is 0.240 e. The minimum absolute atomic E-state index is 0. The van der Waals surface area contributed by atoms with Crippen molar-refractivity contribution in [3.8, 4) is 0 Å². The summed E-state index contributed by atoms with van der Waals surface area (Å²) < 4.78 is 31.5. The lowest BCUT2D eigenvalue weighted by atomic mass is 10.2. The minimum Gasteiger partial charge on any atom is -0.382 e. The zero-order valence-corrected chi connectivity index (χ0v) is 14.7. The van der Waals surface area contributed by atoms with Gasteiger partial charge in [0.15, 0.2) is 0 Å². The van der Waals surface area contributed by atoms with Gasteiger partial charge in [-0.05, 0) is 31.5 Å². The van der Waals surface area contributed by atoms with Crippen LogP contribution in [0.1, 0.15) is 19.8 Å². The minimum atomic E-state index is -3.61. The molecule has 7 nitrogen and oxygen atoms in total. The highest BCUT2D eigenvalue weighted by Crippen LogP contribution is 2.15. The van der Waals surface area contributed by atoms with Gasteiger partial charge in [-0.2, -0.15) is 0 Å². The van der Waals surface area contributed by atoms with Crippen LogP contribution in [0.25, 0.3) is 0 Å². The second-order valence-electron chi connectivity index (χ2n) is 4.56. The summed E-state index contributed by atoms with van der Waals surface area (Å²) in [5.74, 6) is -0.177. The van der Waals surface area contributed by atoms with Gasteiger partial charge >= 0.3 is 0 Å². The van der Waals surface area contributed by atoms with Gasteiger partial charge in [0.25, 0.3) is 0 Å². The second kappa shape index (κ2) is 11.4. The third-order valence-corrected chi connectivity index (χ3v) is 4.22. The van der Waals surface area contributed by atoms with E-state index in [0.29, 0.717) is 31.7 Å². The maximum Gasteiger partial charge on any atom is 0.240 e. The number of rotatable bonds is 10. The molecule has 0 spiro atoms. The quantitative estimate of drug-likeness (QED) is 0.538. The van der Waals surface area contributed by atoms with Crippen LogP contribution in [0.2, 0.25) is 0 Å². The van der Waals surface area contributed by atoms with E-state index < -0.39 is 10.0 Å². The molecule has 0 fully saturated rings. The van der Waals surface area contributed by atoms with Crippen molar-refractivity contribution in [3.05, 3.63) is 24.3 Å². The van der Waals surface area contributed by atoms with E-state index in [2.05, 4.69) is 10.0 Å². The van der Waals surface area contributed by atoms with Crippen LogP contribution in [0.15, 0.2) is 29.2 Å². The van der Waals surface area contributed by atoms with Crippen LogP contribution in [0.4, 0.5) is 5.69 Å². The highest BCUT2D eigenvalue weighted by atomic mass is 35.5. The van der Waals surface area contributed by atoms with Gasteiger partial charge in [-0.1, -0.05) is 6.07 Å². The molecule has 1 amide bonds. The molecule has 0 aromatic heterocycles. The molecule has 23 heavy (non-hydrogen) atoms. The van der Waals surface area contributed by atoms with Crippen LogP contribution in [0.5, 0.6) is 0 Å². The van der Waals surface area contributed by atoms with Crippen LogP contribution in [0, 0.1) is 0 Å². The lowest BCUT2D eigenvalue weighted by molar-refractivity contribution is -0.116. The monoisotopic (exact) mass is 365 g/mol. The predicted octanol–water partition coefficient (Wildman–Crippen LogP) is 1.10. The summed E-state index contributed by atoms with van der Waals surface area (Å²) in [6, 6.07) is 6.10. The van der Waals surface area contributed by atoms with Crippen LogP contribution >= 0.6 is 12.4 Å². The van der Waals surface area contributed by atoms with Crippen molar-refractivity contribution < 1.29 is 17.9 Å². The fraction of sp³-hybridized carbons (Fsp3) is 0.500. The number of sulfonamides is 1. The third-order valence-electron chi connectivity index (χ3n) is 2.76. The molecular weight excluding hydrogens is 342 g/mol. The number of amides is 1. The number of carbonyl (C=O) groups is 1. The molecule has 0 heterocycles. The Bertz CT molecular complexity index is 581. The Balaban J connectivity index is 0.00000484. The van der Waals surface area contributed by atoms with Gasteiger partial charge in [0.05, 0.1) is 4.90 Å². The van der Waals surface area contributed by atoms with Crippen LogP contribution in [-0.4, -0.2) is 40.6 Å². The number of nitrogens with two attached hydrogens (primary N) is 1. The molecule has 0 bridgehead atoms. The number of benzene rings is 1. The van der Waals surface area contributed by atoms with Crippen molar-refractivity contribution in [1.82, 2.24) is 4.72 Å². The van der Waals surface area contributed by atoms with Crippen molar-refractivity contribution in [2.24, 2.45) is 5.73 Å². The largest absolute Gasteiger partial charge is 0.382 e. The van der Waals surface area contributed by atoms with Crippen molar-refractivity contribution in [2.45, 2.75) is 24.7 Å². The number of hydrogen-bond acceptors (Lipinski definition) is 5. The Morgan fingerprint density at radius 1 is 1.35 bits per heavy atom. The summed E-state index contributed by atoms with van der Waals surface area (Å²) in [5, 5.41) is 2.68. The first-order chi connectivity index (χ1) is 10.5. The molecule has 1 rings (SSSR count). The van der Waals surface area contributed by atoms with E-state index in [4.69, 9.17) is 10.5 Å². The normalized spacial score (nSPS) is 10.9. The molecule has 0 radical (unpaired) electrons. The molecule has 0 aliphatic carbocycles. The number of nitrogens with one attached hydrogen (secondary N) is 2. The summed E-state index contributed by atoms with van der Waals surface area (Å²) in [7, 11) is -3.61. The van der Waals surface area contributed by atoms with E-state index in [1.54, 1.807) is 12.1 Å². The first-order valence-electron chi connectivity index (χ1n) is 7.17. The number of hydrogen-bond donors (Lipinski definition) is 3. The Hall–Kier alpha value is -1.19. The van der Waals surface area contributed by atoms with Gasteiger partial charge in [0.2, 0.25) is 15.9 Å². The fourth-order valence-electron chi connectivity index (χ4n) is 1.72. The molecule has 9 heteroatoms. The summed E-state index contributed by atoms with van der Waals surface area (Å²) in [6.07, 6.45) is 0.943. The van der Waals surface area contributed by atoms with Crippen molar-refractivity contribution in [2.75, 3.05) is 31.6 Å². The summed E-state index contributed by atoms with van der Waals surface area (Å²) >= 11 is 0. The molecule has 0 atom stereocenters. The summed E-state index contributed by atoms with van der Waals surface area (Å²) in [6.45, 7) is 3.43. The maximum atomic E-state index is 12.0. The van der Waals surface area contributed by atoms with Crippen molar-refractivity contribution in [1.29, 1.82) is 0 Å². The summed E-state index contributed by atoms with van der Waals surface area (Å²) in [5.41, 5.74) is 5.73. The number of halogens is 1. The Labute approximate surface area is 143 Å². The van der Waals surface area contributed by atoms with E-state index in [1.165, 1.54) is 12.1 Å². The van der Waals surface area contributed by atoms with E-state index >= 15 is 0 Å². The van der Waals surface area contributed by atoms with E-state index in [9.17, 15) is 13.2 Å². The first kappa shape index (κ1) is 21.8. The SMILES string of the molecule is CCOCCCC(=O)Nc1cccc(S(=O)(=O)NCCN)c1.Cl. The molecule has 132 valence electrons. The average Bonchev–Trinajstić information content (AvgIpc) is 2.50. The number of ether oxygens (including phenoxy) is 1. The van der Waals surface area contributed by atoms with Crippen LogP contribution in [0.3, 0.4) is 0 Å². The number of carbonyl (C=O) groups excluding carboxylic acids is 1. The van der Waals surface area contributed by atoms with Crippen molar-refractivity contribution >= 4 is 34.0 Å². The Morgan fingerprint density at radius 2 is 2.09 bits per heavy atom. The molecule has 0 saturated heterocycles. The molecule has 1 aromatic carbocycles. The highest BCUT2D eigenvalue weighted by Gasteiger charge is 2.13. The average molecular weight is 366 g/mol. The van der Waals surface area contributed by atoms with Gasteiger partial charge < -0.3 is 15.8 Å². The molecule has 0 aliphatic rings. The Kier molecular flexibility index (Phi) is 10.8. The zero-order chi connectivity index (χ0) is 16.4. The van der Waals surface area contributed by atoms with E-state index in [1.807, 2.05) is 6.92 Å². The molecule has 4 N–H and O–H groups in total. The summed E-state index contributed by atoms with van der Waals surface area (Å²) in [4.78, 5) is 11.9. The molecule has 0 saturated carbocycles. The fourth-order valence-corrected chi connectivity index (χ4v) is 2.81. The first-order valence-corrected chi connectivity index (χ1v) is 8.65. The standard InChI is InChI=1S/C14H23N3O4S.ClH/c1-2-21-10-4-7-14(18)17-12-5-3-6-13(11-12)22(19,20)16-9-8-15;/h3,5-6,11,16H,2,4,7-10,15H2,1H3,(H,17,18);1H.